The highest BCUT2D eigenvalue weighted by molar-refractivity contribution is 5.75. The molecule has 1 N–H and O–H groups in total. The first-order valence-corrected chi connectivity index (χ1v) is 6.59. The molecule has 2 fully saturated rings. The Hall–Kier alpha value is -0.810. The molecule has 0 aromatic heterocycles. The Balaban J connectivity index is 1.82. The molecule has 2 heterocycles. The third-order valence-corrected chi connectivity index (χ3v) is 3.63. The molecule has 5 heteroatoms. The zero-order chi connectivity index (χ0) is 12.3. The van der Waals surface area contributed by atoms with Crippen LogP contribution in [-0.4, -0.2) is 80.1 Å². The average Bonchev–Trinajstić information content (AvgIpc) is 2.32. The number of urea groups is 1. The minimum absolute atomic E-state index is 0.251. The van der Waals surface area contributed by atoms with Crippen molar-refractivity contribution in [2.24, 2.45) is 0 Å². The van der Waals surface area contributed by atoms with E-state index in [4.69, 9.17) is 0 Å². The highest BCUT2D eigenvalue weighted by Crippen LogP contribution is 2.17. The van der Waals surface area contributed by atoms with Gasteiger partial charge in [-0.3, -0.25) is 0 Å². The number of amides is 2. The van der Waals surface area contributed by atoms with Gasteiger partial charge in [-0.15, -0.1) is 0 Å². The summed E-state index contributed by atoms with van der Waals surface area (Å²) in [5.41, 5.74) is 0. The molecule has 0 radical (unpaired) electrons. The van der Waals surface area contributed by atoms with Crippen LogP contribution in [0.3, 0.4) is 0 Å². The van der Waals surface area contributed by atoms with E-state index < -0.39 is 0 Å². The van der Waals surface area contributed by atoms with E-state index in [0.29, 0.717) is 6.04 Å². The number of rotatable bonds is 4. The van der Waals surface area contributed by atoms with Gasteiger partial charge in [-0.05, 0) is 33.5 Å². The van der Waals surface area contributed by atoms with E-state index >= 15 is 0 Å². The van der Waals surface area contributed by atoms with Crippen LogP contribution in [0.1, 0.15) is 12.8 Å². The standard InChI is InChI=1S/C12H24N4O/c1-14(2)6-3-7-15-8-4-11-10-13-5-9-16(11)12(15)17/h11,13H,3-10H2,1-2H3. The van der Waals surface area contributed by atoms with E-state index in [0.717, 1.165) is 52.1 Å². The third kappa shape index (κ3) is 3.10. The highest BCUT2D eigenvalue weighted by Gasteiger charge is 2.34. The zero-order valence-corrected chi connectivity index (χ0v) is 11.0. The Bertz CT molecular complexity index is 269. The molecule has 2 saturated heterocycles. The Kier molecular flexibility index (Phi) is 4.23. The lowest BCUT2D eigenvalue weighted by Crippen LogP contribution is -2.61. The second kappa shape index (κ2) is 5.69. The molecule has 1 atom stereocenters. The first-order chi connectivity index (χ1) is 8.18. The SMILES string of the molecule is CN(C)CCCN1CCC2CNCCN2C1=O. The van der Waals surface area contributed by atoms with Gasteiger partial charge in [0.25, 0.3) is 0 Å². The molecule has 0 bridgehead atoms. The minimum Gasteiger partial charge on any atom is -0.325 e. The van der Waals surface area contributed by atoms with Crippen molar-refractivity contribution in [2.45, 2.75) is 18.9 Å². The second-order valence-electron chi connectivity index (χ2n) is 5.27. The van der Waals surface area contributed by atoms with E-state index in [9.17, 15) is 4.79 Å². The van der Waals surface area contributed by atoms with Crippen molar-refractivity contribution < 1.29 is 4.79 Å². The molecular weight excluding hydrogens is 216 g/mol. The third-order valence-electron chi connectivity index (χ3n) is 3.63. The topological polar surface area (TPSA) is 38.8 Å². The van der Waals surface area contributed by atoms with Gasteiger partial charge >= 0.3 is 6.03 Å². The molecule has 1 unspecified atom stereocenters. The van der Waals surface area contributed by atoms with Gasteiger partial charge in [-0.25, -0.2) is 4.79 Å². The molecule has 0 spiro atoms. The van der Waals surface area contributed by atoms with Gasteiger partial charge < -0.3 is 20.0 Å². The monoisotopic (exact) mass is 240 g/mol. The van der Waals surface area contributed by atoms with Gasteiger partial charge in [0.2, 0.25) is 0 Å². The number of fused-ring (bicyclic) bond motifs is 1. The summed E-state index contributed by atoms with van der Waals surface area (Å²) in [5.74, 6) is 0. The van der Waals surface area contributed by atoms with E-state index in [-0.39, 0.29) is 6.03 Å². The molecule has 98 valence electrons. The molecule has 2 aliphatic heterocycles. The smallest absolute Gasteiger partial charge is 0.320 e. The van der Waals surface area contributed by atoms with Crippen LogP contribution in [0.15, 0.2) is 0 Å². The van der Waals surface area contributed by atoms with Crippen molar-refractivity contribution in [3.63, 3.8) is 0 Å². The van der Waals surface area contributed by atoms with E-state index in [1.54, 1.807) is 0 Å². The molecule has 0 aromatic carbocycles. The summed E-state index contributed by atoms with van der Waals surface area (Å²) in [7, 11) is 4.15. The number of nitrogens with one attached hydrogen (secondary N) is 1. The number of carbonyl (C=O) groups excluding carboxylic acids is 1. The number of hydrogen-bond donors (Lipinski definition) is 1. The van der Waals surface area contributed by atoms with Crippen molar-refractivity contribution in [1.82, 2.24) is 20.0 Å². The van der Waals surface area contributed by atoms with Crippen molar-refractivity contribution in [3.05, 3.63) is 0 Å². The van der Waals surface area contributed by atoms with Crippen molar-refractivity contribution in [3.8, 4) is 0 Å². The molecule has 0 aromatic rings. The van der Waals surface area contributed by atoms with Crippen LogP contribution in [0, 0.1) is 0 Å². The van der Waals surface area contributed by atoms with Crippen molar-refractivity contribution in [2.75, 3.05) is 53.4 Å². The van der Waals surface area contributed by atoms with Crippen molar-refractivity contribution >= 4 is 6.03 Å². The Labute approximate surface area is 104 Å². The summed E-state index contributed by atoms with van der Waals surface area (Å²) in [4.78, 5) is 18.5. The summed E-state index contributed by atoms with van der Waals surface area (Å²) in [6.07, 6.45) is 2.18. The van der Waals surface area contributed by atoms with Crippen LogP contribution >= 0.6 is 0 Å². The highest BCUT2D eigenvalue weighted by atomic mass is 16.2. The lowest BCUT2D eigenvalue weighted by Gasteiger charge is -2.44. The summed E-state index contributed by atoms with van der Waals surface area (Å²) in [6.45, 7) is 5.65. The van der Waals surface area contributed by atoms with Crippen LogP contribution in [0.4, 0.5) is 4.79 Å². The molecule has 2 amide bonds. The average molecular weight is 240 g/mol. The maximum absolute atomic E-state index is 12.2. The summed E-state index contributed by atoms with van der Waals surface area (Å²) >= 11 is 0. The Morgan fingerprint density at radius 2 is 2.24 bits per heavy atom. The maximum atomic E-state index is 12.2. The number of nitrogens with zero attached hydrogens (tertiary/aromatic N) is 3. The van der Waals surface area contributed by atoms with Crippen molar-refractivity contribution in [1.29, 1.82) is 0 Å². The molecule has 17 heavy (non-hydrogen) atoms. The van der Waals surface area contributed by atoms with Gasteiger partial charge in [0, 0.05) is 38.8 Å². The lowest BCUT2D eigenvalue weighted by molar-refractivity contribution is 0.0846. The summed E-state index contributed by atoms with van der Waals surface area (Å²) in [5, 5.41) is 3.36. The fraction of sp³-hybridized carbons (Fsp3) is 0.917. The fourth-order valence-corrected chi connectivity index (χ4v) is 2.64. The molecular formula is C12H24N4O. The predicted octanol–water partition coefficient (Wildman–Crippen LogP) is 0.0376. The van der Waals surface area contributed by atoms with Crippen LogP contribution in [0.5, 0.6) is 0 Å². The van der Waals surface area contributed by atoms with E-state index in [1.165, 1.54) is 0 Å². The first-order valence-electron chi connectivity index (χ1n) is 6.59. The quantitative estimate of drug-likeness (QED) is 0.754. The van der Waals surface area contributed by atoms with E-state index in [2.05, 4.69) is 29.2 Å². The molecule has 0 aliphatic carbocycles. The van der Waals surface area contributed by atoms with Crippen LogP contribution in [0.25, 0.3) is 0 Å². The molecule has 0 saturated carbocycles. The summed E-state index contributed by atoms with van der Waals surface area (Å²) in [6, 6.07) is 0.683. The summed E-state index contributed by atoms with van der Waals surface area (Å²) < 4.78 is 0. The van der Waals surface area contributed by atoms with Gasteiger partial charge in [-0.2, -0.15) is 0 Å². The number of piperazine rings is 1. The Morgan fingerprint density at radius 1 is 1.41 bits per heavy atom. The van der Waals surface area contributed by atoms with Gasteiger partial charge in [-0.1, -0.05) is 0 Å². The number of carbonyl (C=O) groups is 1. The minimum atomic E-state index is 0.251. The molecule has 5 nitrogen and oxygen atoms in total. The largest absolute Gasteiger partial charge is 0.325 e. The van der Waals surface area contributed by atoms with Crippen LogP contribution in [-0.2, 0) is 0 Å². The van der Waals surface area contributed by atoms with Crippen LogP contribution < -0.4 is 5.32 Å². The number of hydrogen-bond acceptors (Lipinski definition) is 3. The fourth-order valence-electron chi connectivity index (χ4n) is 2.64. The lowest BCUT2D eigenvalue weighted by atomic mass is 10.1. The molecule has 2 rings (SSSR count). The van der Waals surface area contributed by atoms with Gasteiger partial charge in [0.1, 0.15) is 0 Å². The normalized spacial score (nSPS) is 25.4. The zero-order valence-electron chi connectivity index (χ0n) is 11.0. The van der Waals surface area contributed by atoms with Gasteiger partial charge in [0.15, 0.2) is 0 Å². The van der Waals surface area contributed by atoms with E-state index in [1.807, 2.05) is 4.90 Å². The van der Waals surface area contributed by atoms with Crippen LogP contribution in [0.2, 0.25) is 0 Å². The Morgan fingerprint density at radius 3 is 3.00 bits per heavy atom. The van der Waals surface area contributed by atoms with Gasteiger partial charge in [0.05, 0.1) is 0 Å². The predicted molar refractivity (Wildman–Crippen MR) is 68.1 cm³/mol. The molecule has 2 aliphatic rings. The maximum Gasteiger partial charge on any atom is 0.320 e. The first kappa shape index (κ1) is 12.6. The second-order valence-corrected chi connectivity index (χ2v) is 5.27.